The number of benzene rings is 2. The molecule has 0 saturated heterocycles. The molecule has 0 aromatic heterocycles. The number of hydrogen-bond donors (Lipinski definition) is 2. The van der Waals surface area contributed by atoms with Gasteiger partial charge >= 0.3 is 0 Å². The van der Waals surface area contributed by atoms with Crippen molar-refractivity contribution < 1.29 is 22.3 Å². The van der Waals surface area contributed by atoms with E-state index in [1.165, 1.54) is 18.2 Å². The highest BCUT2D eigenvalue weighted by atomic mass is 35.5. The summed E-state index contributed by atoms with van der Waals surface area (Å²) in [6.07, 6.45) is -1.39. The van der Waals surface area contributed by atoms with Crippen molar-refractivity contribution in [3.05, 3.63) is 64.7 Å². The molecule has 4 nitrogen and oxygen atoms in total. The monoisotopic (exact) mass is 347 g/mol. The second kappa shape index (κ2) is 6.70. The van der Waals surface area contributed by atoms with Crippen molar-refractivity contribution in [3.8, 4) is 0 Å². The molecule has 1 atom stereocenters. The van der Waals surface area contributed by atoms with E-state index in [1.54, 1.807) is 0 Å². The van der Waals surface area contributed by atoms with Gasteiger partial charge in [0.05, 0.1) is 11.1 Å². The van der Waals surface area contributed by atoms with Crippen molar-refractivity contribution in [3.63, 3.8) is 0 Å². The molecular formula is C14H12ClF2NO3S. The molecule has 0 aliphatic heterocycles. The van der Waals surface area contributed by atoms with Crippen LogP contribution in [-0.4, -0.2) is 20.1 Å². The molecule has 0 radical (unpaired) electrons. The zero-order valence-corrected chi connectivity index (χ0v) is 12.7. The first-order chi connectivity index (χ1) is 10.3. The highest BCUT2D eigenvalue weighted by Crippen LogP contribution is 2.23. The Hall–Kier alpha value is -1.54. The Morgan fingerprint density at radius 2 is 1.86 bits per heavy atom. The zero-order valence-electron chi connectivity index (χ0n) is 11.1. The zero-order chi connectivity index (χ0) is 16.3. The lowest BCUT2D eigenvalue weighted by Gasteiger charge is -2.14. The van der Waals surface area contributed by atoms with Crippen molar-refractivity contribution >= 4 is 21.6 Å². The van der Waals surface area contributed by atoms with Gasteiger partial charge in [-0.25, -0.2) is 21.9 Å². The molecule has 118 valence electrons. The van der Waals surface area contributed by atoms with Crippen LogP contribution in [0.4, 0.5) is 8.78 Å². The van der Waals surface area contributed by atoms with Gasteiger partial charge in [-0.3, -0.25) is 0 Å². The van der Waals surface area contributed by atoms with Crippen molar-refractivity contribution in [1.29, 1.82) is 0 Å². The number of hydrogen-bond acceptors (Lipinski definition) is 3. The van der Waals surface area contributed by atoms with Crippen LogP contribution < -0.4 is 4.72 Å². The van der Waals surface area contributed by atoms with Crippen LogP contribution in [0, 0.1) is 11.6 Å². The lowest BCUT2D eigenvalue weighted by atomic mass is 10.1. The predicted octanol–water partition coefficient (Wildman–Crippen LogP) is 2.63. The summed E-state index contributed by atoms with van der Waals surface area (Å²) < 4.78 is 52.8. The molecule has 0 aliphatic carbocycles. The molecule has 2 aromatic rings. The minimum Gasteiger partial charge on any atom is -0.387 e. The van der Waals surface area contributed by atoms with Crippen molar-refractivity contribution in [2.24, 2.45) is 0 Å². The Morgan fingerprint density at radius 3 is 2.55 bits per heavy atom. The molecule has 0 spiro atoms. The summed E-state index contributed by atoms with van der Waals surface area (Å²) >= 11 is 5.73. The maximum Gasteiger partial charge on any atom is 0.242 e. The normalized spacial score (nSPS) is 13.1. The SMILES string of the molecule is O=S(=O)(NCC(O)c1ccccc1F)c1cc(F)ccc1Cl. The summed E-state index contributed by atoms with van der Waals surface area (Å²) in [6, 6.07) is 8.34. The largest absolute Gasteiger partial charge is 0.387 e. The predicted molar refractivity (Wildman–Crippen MR) is 78.0 cm³/mol. The summed E-state index contributed by atoms with van der Waals surface area (Å²) in [5, 5.41) is 9.70. The second-order valence-electron chi connectivity index (χ2n) is 4.46. The third-order valence-corrected chi connectivity index (χ3v) is 4.82. The molecular weight excluding hydrogens is 336 g/mol. The molecule has 0 aliphatic rings. The van der Waals surface area contributed by atoms with Gasteiger partial charge in [0.25, 0.3) is 0 Å². The fourth-order valence-corrected chi connectivity index (χ4v) is 3.35. The van der Waals surface area contributed by atoms with Gasteiger partial charge < -0.3 is 5.11 Å². The fraction of sp³-hybridized carbons (Fsp3) is 0.143. The van der Waals surface area contributed by atoms with Gasteiger partial charge in [0, 0.05) is 12.1 Å². The topological polar surface area (TPSA) is 66.4 Å². The van der Waals surface area contributed by atoms with E-state index in [0.717, 1.165) is 24.3 Å². The highest BCUT2D eigenvalue weighted by molar-refractivity contribution is 7.89. The van der Waals surface area contributed by atoms with Crippen LogP contribution in [0.3, 0.4) is 0 Å². The number of aliphatic hydroxyl groups excluding tert-OH is 1. The first kappa shape index (κ1) is 16.8. The van der Waals surface area contributed by atoms with E-state index in [9.17, 15) is 22.3 Å². The number of rotatable bonds is 5. The van der Waals surface area contributed by atoms with Crippen LogP contribution in [0.25, 0.3) is 0 Å². The lowest BCUT2D eigenvalue weighted by Crippen LogP contribution is -2.29. The Bertz CT molecular complexity index is 783. The first-order valence-corrected chi connectivity index (χ1v) is 8.04. The third-order valence-electron chi connectivity index (χ3n) is 2.91. The molecule has 1 unspecified atom stereocenters. The van der Waals surface area contributed by atoms with Gasteiger partial charge in [0.15, 0.2) is 0 Å². The van der Waals surface area contributed by atoms with Crippen LogP contribution >= 0.6 is 11.6 Å². The van der Waals surface area contributed by atoms with Gasteiger partial charge in [-0.2, -0.15) is 0 Å². The molecule has 2 N–H and O–H groups in total. The standard InChI is InChI=1S/C14H12ClF2NO3S/c15-11-6-5-9(16)7-14(11)22(20,21)18-8-13(19)10-3-1-2-4-12(10)17/h1-7,13,18-19H,8H2. The van der Waals surface area contributed by atoms with Crippen LogP contribution in [0.5, 0.6) is 0 Å². The molecule has 0 heterocycles. The minimum absolute atomic E-state index is 0.0458. The second-order valence-corrected chi connectivity index (χ2v) is 6.61. The summed E-state index contributed by atoms with van der Waals surface area (Å²) in [5.74, 6) is -1.42. The van der Waals surface area contributed by atoms with Gasteiger partial charge in [-0.05, 0) is 24.3 Å². The van der Waals surface area contributed by atoms with E-state index in [2.05, 4.69) is 4.72 Å². The van der Waals surface area contributed by atoms with Crippen LogP contribution in [0.2, 0.25) is 5.02 Å². The van der Waals surface area contributed by atoms with Gasteiger partial charge in [0.2, 0.25) is 10.0 Å². The van der Waals surface area contributed by atoms with E-state index in [-0.39, 0.29) is 10.6 Å². The molecule has 0 bridgehead atoms. The fourth-order valence-electron chi connectivity index (χ4n) is 1.80. The van der Waals surface area contributed by atoms with E-state index in [0.29, 0.717) is 0 Å². The minimum atomic E-state index is -4.13. The molecule has 2 rings (SSSR count). The van der Waals surface area contributed by atoms with Crippen molar-refractivity contribution in [1.82, 2.24) is 4.72 Å². The lowest BCUT2D eigenvalue weighted by molar-refractivity contribution is 0.177. The van der Waals surface area contributed by atoms with Gasteiger partial charge in [-0.15, -0.1) is 0 Å². The molecule has 0 fully saturated rings. The summed E-state index contributed by atoms with van der Waals surface area (Å²) in [7, 11) is -4.13. The summed E-state index contributed by atoms with van der Waals surface area (Å²) in [4.78, 5) is -0.449. The van der Waals surface area contributed by atoms with Crippen molar-refractivity contribution in [2.45, 2.75) is 11.0 Å². The average molecular weight is 348 g/mol. The Balaban J connectivity index is 2.16. The summed E-state index contributed by atoms with van der Waals surface area (Å²) in [6.45, 7) is -0.476. The summed E-state index contributed by atoms with van der Waals surface area (Å²) in [5.41, 5.74) is -0.0458. The molecule has 22 heavy (non-hydrogen) atoms. The van der Waals surface area contributed by atoms with E-state index in [4.69, 9.17) is 11.6 Å². The maximum absolute atomic E-state index is 13.5. The molecule has 8 heteroatoms. The van der Waals surface area contributed by atoms with Crippen LogP contribution in [-0.2, 0) is 10.0 Å². The Kier molecular flexibility index (Phi) is 5.12. The molecule has 0 amide bonds. The third kappa shape index (κ3) is 3.80. The molecule has 0 saturated carbocycles. The molecule has 2 aromatic carbocycles. The van der Waals surface area contributed by atoms with Gasteiger partial charge in [0.1, 0.15) is 16.5 Å². The van der Waals surface area contributed by atoms with E-state index < -0.39 is 39.2 Å². The Labute approximate surface area is 131 Å². The number of halogens is 3. The Morgan fingerprint density at radius 1 is 1.18 bits per heavy atom. The number of sulfonamides is 1. The van der Waals surface area contributed by atoms with E-state index >= 15 is 0 Å². The van der Waals surface area contributed by atoms with Crippen LogP contribution in [0.1, 0.15) is 11.7 Å². The van der Waals surface area contributed by atoms with Gasteiger partial charge in [-0.1, -0.05) is 29.8 Å². The quantitative estimate of drug-likeness (QED) is 0.873. The van der Waals surface area contributed by atoms with Crippen molar-refractivity contribution in [2.75, 3.05) is 6.54 Å². The average Bonchev–Trinajstić information content (AvgIpc) is 2.48. The number of nitrogens with one attached hydrogen (secondary N) is 1. The number of aliphatic hydroxyl groups is 1. The maximum atomic E-state index is 13.5. The van der Waals surface area contributed by atoms with Crippen LogP contribution in [0.15, 0.2) is 47.4 Å². The highest BCUT2D eigenvalue weighted by Gasteiger charge is 2.21. The van der Waals surface area contributed by atoms with E-state index in [1.807, 2.05) is 0 Å². The smallest absolute Gasteiger partial charge is 0.242 e. The first-order valence-electron chi connectivity index (χ1n) is 6.18.